The van der Waals surface area contributed by atoms with Gasteiger partial charge in [0, 0.05) is 11.6 Å². The lowest BCUT2D eigenvalue weighted by Gasteiger charge is -2.03. The Morgan fingerprint density at radius 1 is 1.78 bits per heavy atom. The Morgan fingerprint density at radius 3 is 2.67 bits per heavy atom. The predicted molar refractivity (Wildman–Crippen MR) is 39.9 cm³/mol. The van der Waals surface area contributed by atoms with E-state index in [1.54, 1.807) is 0 Å². The Balaban J connectivity index is 2.48. The summed E-state index contributed by atoms with van der Waals surface area (Å²) in [5, 5.41) is 7.34. The van der Waals surface area contributed by atoms with E-state index in [-0.39, 0.29) is 0 Å². The maximum absolute atomic E-state index is 7.34. The zero-order valence-electron chi connectivity index (χ0n) is 5.91. The molecule has 0 amide bonds. The Bertz CT molecular complexity index is 147. The molecule has 1 unspecified atom stereocenters. The van der Waals surface area contributed by atoms with Crippen molar-refractivity contribution in [1.82, 2.24) is 0 Å². The van der Waals surface area contributed by atoms with Crippen molar-refractivity contribution in [3.63, 3.8) is 0 Å². The quantitative estimate of drug-likeness (QED) is 0.409. The van der Waals surface area contributed by atoms with Crippen LogP contribution < -0.4 is 0 Å². The van der Waals surface area contributed by atoms with Gasteiger partial charge in [0.1, 0.15) is 0 Å². The average Bonchev–Trinajstić information content (AvgIpc) is 2.14. The number of rotatable bonds is 1. The maximum atomic E-state index is 7.34. The summed E-state index contributed by atoms with van der Waals surface area (Å²) in [5.74, 6) is 0.525. The Morgan fingerprint density at radius 2 is 2.44 bits per heavy atom. The van der Waals surface area contributed by atoms with Gasteiger partial charge in [-0.15, -0.1) is 0 Å². The molecule has 1 aliphatic carbocycles. The molecule has 0 saturated heterocycles. The van der Waals surface area contributed by atoms with Crippen molar-refractivity contribution in [2.75, 3.05) is 0 Å². The van der Waals surface area contributed by atoms with E-state index in [0.29, 0.717) is 5.92 Å². The first-order valence-electron chi connectivity index (χ1n) is 3.42. The van der Waals surface area contributed by atoms with Gasteiger partial charge < -0.3 is 5.41 Å². The topological polar surface area (TPSA) is 23.9 Å². The van der Waals surface area contributed by atoms with E-state index in [1.807, 2.05) is 6.92 Å². The molecule has 1 rings (SSSR count). The van der Waals surface area contributed by atoms with Gasteiger partial charge >= 0.3 is 0 Å². The second-order valence-electron chi connectivity index (χ2n) is 2.87. The highest BCUT2D eigenvalue weighted by Crippen LogP contribution is 2.29. The van der Waals surface area contributed by atoms with Crippen LogP contribution >= 0.6 is 0 Å². The van der Waals surface area contributed by atoms with Gasteiger partial charge in [-0.25, -0.2) is 0 Å². The van der Waals surface area contributed by atoms with E-state index in [4.69, 9.17) is 5.41 Å². The molecule has 1 fully saturated rings. The molecule has 0 spiro atoms. The van der Waals surface area contributed by atoms with Gasteiger partial charge in [0.05, 0.1) is 0 Å². The van der Waals surface area contributed by atoms with Gasteiger partial charge in [0.15, 0.2) is 0 Å². The molecular formula is C8H13N. The van der Waals surface area contributed by atoms with Crippen LogP contribution in [-0.4, -0.2) is 5.71 Å². The lowest BCUT2D eigenvalue weighted by atomic mass is 10.0. The molecular weight excluding hydrogens is 110 g/mol. The number of nitrogens with one attached hydrogen (secondary N) is 1. The summed E-state index contributed by atoms with van der Waals surface area (Å²) in [6.07, 6.45) is 3.37. The number of allylic oxidation sites excluding steroid dienone is 1. The van der Waals surface area contributed by atoms with Crippen LogP contribution in [0.25, 0.3) is 0 Å². The summed E-state index contributed by atoms with van der Waals surface area (Å²) >= 11 is 0. The lowest BCUT2D eigenvalue weighted by molar-refractivity contribution is 0.728. The van der Waals surface area contributed by atoms with Crippen LogP contribution in [0.4, 0.5) is 0 Å². The molecule has 1 atom stereocenters. The van der Waals surface area contributed by atoms with Crippen LogP contribution in [0.2, 0.25) is 0 Å². The Labute approximate surface area is 56.3 Å². The highest BCUT2D eigenvalue weighted by molar-refractivity contribution is 5.81. The minimum atomic E-state index is 0.525. The minimum Gasteiger partial charge on any atom is -0.310 e. The summed E-state index contributed by atoms with van der Waals surface area (Å²) in [5.41, 5.74) is 2.15. The smallest absolute Gasteiger partial charge is 0.00924 e. The largest absolute Gasteiger partial charge is 0.310 e. The highest BCUT2D eigenvalue weighted by Gasteiger charge is 2.18. The molecule has 0 aliphatic heterocycles. The first kappa shape index (κ1) is 6.53. The first-order chi connectivity index (χ1) is 4.20. The third-order valence-electron chi connectivity index (χ3n) is 1.99. The summed E-state index contributed by atoms with van der Waals surface area (Å²) in [6.45, 7) is 5.78. The van der Waals surface area contributed by atoms with Crippen molar-refractivity contribution >= 4 is 5.71 Å². The SMILES string of the molecule is C=C1CCC(C(C)=N)C1. The van der Waals surface area contributed by atoms with Gasteiger partial charge in [0.25, 0.3) is 0 Å². The van der Waals surface area contributed by atoms with Crippen LogP contribution in [0.5, 0.6) is 0 Å². The molecule has 1 nitrogen and oxygen atoms in total. The second-order valence-corrected chi connectivity index (χ2v) is 2.87. The van der Waals surface area contributed by atoms with Crippen molar-refractivity contribution in [3.8, 4) is 0 Å². The fourth-order valence-corrected chi connectivity index (χ4v) is 1.30. The molecule has 0 radical (unpaired) electrons. The van der Waals surface area contributed by atoms with Crippen molar-refractivity contribution in [2.24, 2.45) is 5.92 Å². The van der Waals surface area contributed by atoms with Gasteiger partial charge in [-0.1, -0.05) is 12.2 Å². The first-order valence-corrected chi connectivity index (χ1v) is 3.42. The van der Waals surface area contributed by atoms with Crippen molar-refractivity contribution in [1.29, 1.82) is 5.41 Å². The summed E-state index contributed by atoms with van der Waals surface area (Å²) in [4.78, 5) is 0. The van der Waals surface area contributed by atoms with Gasteiger partial charge in [-0.2, -0.15) is 0 Å². The number of hydrogen-bond acceptors (Lipinski definition) is 1. The fraction of sp³-hybridized carbons (Fsp3) is 0.625. The number of hydrogen-bond donors (Lipinski definition) is 1. The molecule has 50 valence electrons. The lowest BCUT2D eigenvalue weighted by Crippen LogP contribution is -2.03. The third-order valence-corrected chi connectivity index (χ3v) is 1.99. The molecule has 0 bridgehead atoms. The van der Waals surface area contributed by atoms with Crippen molar-refractivity contribution < 1.29 is 0 Å². The average molecular weight is 123 g/mol. The monoisotopic (exact) mass is 123 g/mol. The molecule has 0 aromatic carbocycles. The highest BCUT2D eigenvalue weighted by atomic mass is 14.4. The minimum absolute atomic E-state index is 0.525. The van der Waals surface area contributed by atoms with Crippen LogP contribution in [0.1, 0.15) is 26.2 Å². The van der Waals surface area contributed by atoms with Gasteiger partial charge in [-0.3, -0.25) is 0 Å². The van der Waals surface area contributed by atoms with E-state index < -0.39 is 0 Å². The summed E-state index contributed by atoms with van der Waals surface area (Å²) < 4.78 is 0. The molecule has 1 N–H and O–H groups in total. The van der Waals surface area contributed by atoms with E-state index in [2.05, 4.69) is 6.58 Å². The van der Waals surface area contributed by atoms with E-state index >= 15 is 0 Å². The van der Waals surface area contributed by atoms with Crippen LogP contribution in [0.15, 0.2) is 12.2 Å². The van der Waals surface area contributed by atoms with E-state index in [9.17, 15) is 0 Å². The van der Waals surface area contributed by atoms with Gasteiger partial charge in [0.2, 0.25) is 0 Å². The van der Waals surface area contributed by atoms with Gasteiger partial charge in [-0.05, 0) is 26.2 Å². The zero-order valence-corrected chi connectivity index (χ0v) is 5.91. The van der Waals surface area contributed by atoms with Crippen LogP contribution in [0, 0.1) is 11.3 Å². The fourth-order valence-electron chi connectivity index (χ4n) is 1.30. The Hall–Kier alpha value is -0.590. The molecule has 9 heavy (non-hydrogen) atoms. The van der Waals surface area contributed by atoms with E-state index in [0.717, 1.165) is 25.0 Å². The molecule has 1 saturated carbocycles. The predicted octanol–water partition coefficient (Wildman–Crippen LogP) is 2.38. The second kappa shape index (κ2) is 2.34. The van der Waals surface area contributed by atoms with Crippen LogP contribution in [0.3, 0.4) is 0 Å². The summed E-state index contributed by atoms with van der Waals surface area (Å²) in [6, 6.07) is 0. The normalized spacial score (nSPS) is 26.8. The molecule has 1 heteroatoms. The van der Waals surface area contributed by atoms with Crippen molar-refractivity contribution in [3.05, 3.63) is 12.2 Å². The zero-order chi connectivity index (χ0) is 6.85. The molecule has 0 heterocycles. The molecule has 0 aromatic heterocycles. The summed E-state index contributed by atoms with van der Waals surface area (Å²) in [7, 11) is 0. The molecule has 0 aromatic rings. The maximum Gasteiger partial charge on any atom is 0.00924 e. The molecule has 1 aliphatic rings. The van der Waals surface area contributed by atoms with Crippen molar-refractivity contribution in [2.45, 2.75) is 26.2 Å². The third kappa shape index (κ3) is 1.41. The van der Waals surface area contributed by atoms with Crippen LogP contribution in [-0.2, 0) is 0 Å². The Kier molecular flexibility index (Phi) is 1.70. The standard InChI is InChI=1S/C8H13N/c1-6-3-4-8(5-6)7(2)9/h8-9H,1,3-5H2,2H3. The van der Waals surface area contributed by atoms with E-state index in [1.165, 1.54) is 5.57 Å².